The van der Waals surface area contributed by atoms with Gasteiger partial charge in [0.1, 0.15) is 5.78 Å². The molecule has 2 amide bonds. The summed E-state index contributed by atoms with van der Waals surface area (Å²) in [7, 11) is 0. The van der Waals surface area contributed by atoms with Crippen LogP contribution in [0, 0.1) is 35.0 Å². The second-order valence-corrected chi connectivity index (χ2v) is 16.0. The summed E-state index contributed by atoms with van der Waals surface area (Å²) in [6, 6.07) is 18.2. The molecule has 2 saturated carbocycles. The first-order chi connectivity index (χ1) is 23.3. The number of amides is 2. The minimum atomic E-state index is -0.783. The Labute approximate surface area is 293 Å². The van der Waals surface area contributed by atoms with Crippen molar-refractivity contribution >= 4 is 29.2 Å². The van der Waals surface area contributed by atoms with Crippen LogP contribution in [0.25, 0.3) is 0 Å². The van der Waals surface area contributed by atoms with Crippen molar-refractivity contribution in [1.29, 1.82) is 0 Å². The molecule has 0 spiro atoms. The molecule has 0 unspecified atom stereocenters. The molecule has 4 atom stereocenters. The lowest BCUT2D eigenvalue weighted by molar-refractivity contribution is -0.135. The zero-order chi connectivity index (χ0) is 35.6. The smallest absolute Gasteiger partial charge is 0.224 e. The van der Waals surface area contributed by atoms with E-state index in [9.17, 15) is 24.0 Å². The van der Waals surface area contributed by atoms with Crippen LogP contribution in [0.15, 0.2) is 60.7 Å². The van der Waals surface area contributed by atoms with Gasteiger partial charge >= 0.3 is 0 Å². The van der Waals surface area contributed by atoms with Crippen molar-refractivity contribution in [3.05, 3.63) is 71.8 Å². The molecule has 7 nitrogen and oxygen atoms in total. The first kappa shape index (κ1) is 38.2. The van der Waals surface area contributed by atoms with Crippen molar-refractivity contribution < 1.29 is 24.0 Å². The van der Waals surface area contributed by atoms with Crippen LogP contribution in [0.1, 0.15) is 110 Å². The Hall–Kier alpha value is -3.61. The monoisotopic (exact) mass is 670 g/mol. The molecule has 2 aromatic carbocycles. The number of carbonyl (C=O) groups excluding carboxylic acids is 5. The Morgan fingerprint density at radius 2 is 1.24 bits per heavy atom. The summed E-state index contributed by atoms with van der Waals surface area (Å²) in [5, 5.41) is 6.12. The summed E-state index contributed by atoms with van der Waals surface area (Å²) in [5.41, 5.74) is 1.64. The average Bonchev–Trinajstić information content (AvgIpc) is 4.01. The van der Waals surface area contributed by atoms with Crippen LogP contribution in [0.4, 0.5) is 0 Å². The zero-order valence-electron chi connectivity index (χ0n) is 30.3. The van der Waals surface area contributed by atoms with Crippen molar-refractivity contribution in [2.75, 3.05) is 0 Å². The van der Waals surface area contributed by atoms with Gasteiger partial charge in [0.15, 0.2) is 11.6 Å². The highest BCUT2D eigenvalue weighted by Crippen LogP contribution is 2.47. The summed E-state index contributed by atoms with van der Waals surface area (Å²) in [4.78, 5) is 68.4. The topological polar surface area (TPSA) is 109 Å². The fourth-order valence-corrected chi connectivity index (χ4v) is 6.73. The number of nitrogens with one attached hydrogen (secondary N) is 2. The molecule has 0 bridgehead atoms. The molecule has 2 aromatic rings. The van der Waals surface area contributed by atoms with Crippen LogP contribution < -0.4 is 10.6 Å². The highest BCUT2D eigenvalue weighted by atomic mass is 16.2. The largest absolute Gasteiger partial charge is 0.346 e. The normalized spacial score (nSPS) is 17.5. The molecule has 0 aliphatic heterocycles. The maximum Gasteiger partial charge on any atom is 0.224 e. The summed E-state index contributed by atoms with van der Waals surface area (Å²) in [5.74, 6) is -1.08. The van der Waals surface area contributed by atoms with Gasteiger partial charge in [0.2, 0.25) is 11.8 Å². The highest BCUT2D eigenvalue weighted by molar-refractivity contribution is 5.97. The number of hydrogen-bond donors (Lipinski definition) is 2. The lowest BCUT2D eigenvalue weighted by Gasteiger charge is -2.27. The third-order valence-corrected chi connectivity index (χ3v) is 10.2. The first-order valence-electron chi connectivity index (χ1n) is 18.6. The van der Waals surface area contributed by atoms with Crippen LogP contribution in [0.2, 0.25) is 0 Å². The van der Waals surface area contributed by atoms with E-state index in [1.165, 1.54) is 0 Å². The minimum absolute atomic E-state index is 0.0620. The van der Waals surface area contributed by atoms with Gasteiger partial charge in [-0.25, -0.2) is 0 Å². The van der Waals surface area contributed by atoms with Crippen LogP contribution in [0.3, 0.4) is 0 Å². The van der Waals surface area contributed by atoms with Crippen molar-refractivity contribution in [3.63, 3.8) is 0 Å². The molecule has 2 aliphatic carbocycles. The minimum Gasteiger partial charge on any atom is -0.346 e. The number of benzene rings is 2. The molecule has 0 saturated heterocycles. The highest BCUT2D eigenvalue weighted by Gasteiger charge is 2.48. The first-order valence-corrected chi connectivity index (χ1v) is 18.6. The molecule has 2 aliphatic rings. The van der Waals surface area contributed by atoms with E-state index in [-0.39, 0.29) is 59.3 Å². The summed E-state index contributed by atoms with van der Waals surface area (Å²) in [6.07, 6.45) is 6.91. The van der Waals surface area contributed by atoms with Crippen LogP contribution in [0.5, 0.6) is 0 Å². The number of Topliss-reactive ketones (excluding diaryl/α,β-unsaturated/α-hetero) is 3. The predicted octanol–water partition coefficient (Wildman–Crippen LogP) is 7.24. The van der Waals surface area contributed by atoms with Gasteiger partial charge in [0.05, 0.1) is 12.1 Å². The third-order valence-electron chi connectivity index (χ3n) is 10.2. The van der Waals surface area contributed by atoms with Crippen molar-refractivity contribution in [2.45, 2.75) is 124 Å². The van der Waals surface area contributed by atoms with Crippen molar-refractivity contribution in [1.82, 2.24) is 10.6 Å². The standard InChI is InChI=1S/C42H58N2O5/c1-28(2)22-36(43-40(48)33(26-35(45)25-32-16-17-32)19-18-30-12-8-6-9-13-30)38(46)27-34(24-31-14-10-7-11-15-31)41(49)44-37(23-29(3)4)39(47)42(5)20-21-42/h6-15,28-29,32-34,36-37H,16-27H2,1-5H3,(H,43,48)(H,44,49)/t33-,34-,36+,37+/m1/s1. The number of aryl methyl sites for hydroxylation is 1. The third kappa shape index (κ3) is 12.7. The predicted molar refractivity (Wildman–Crippen MR) is 194 cm³/mol. The van der Waals surface area contributed by atoms with Gasteiger partial charge in [-0.1, -0.05) is 95.3 Å². The molecule has 0 radical (unpaired) electrons. The van der Waals surface area contributed by atoms with E-state index in [0.29, 0.717) is 44.4 Å². The van der Waals surface area contributed by atoms with E-state index in [2.05, 4.69) is 10.6 Å². The van der Waals surface area contributed by atoms with Gasteiger partial charge in [0.25, 0.3) is 0 Å². The maximum atomic E-state index is 14.1. The summed E-state index contributed by atoms with van der Waals surface area (Å²) in [6.45, 7) is 10.1. The Kier molecular flexibility index (Phi) is 13.9. The molecule has 2 fully saturated rings. The second-order valence-electron chi connectivity index (χ2n) is 16.0. The SMILES string of the molecule is CC(C)C[C@H](NC(=O)[C@H](CCc1ccccc1)CC(=O)CC1CC1)C(=O)C[C@@H](Cc1ccccc1)C(=O)N[C@@H](CC(C)C)C(=O)C1(C)CC1. The Bertz CT molecular complexity index is 1410. The maximum absolute atomic E-state index is 14.1. The number of hydrogen-bond acceptors (Lipinski definition) is 5. The summed E-state index contributed by atoms with van der Waals surface area (Å²) >= 11 is 0. The van der Waals surface area contributed by atoms with Gasteiger partial charge in [0, 0.05) is 36.5 Å². The van der Waals surface area contributed by atoms with E-state index in [4.69, 9.17) is 0 Å². The van der Waals surface area contributed by atoms with E-state index in [1.54, 1.807) is 0 Å². The average molecular weight is 671 g/mol. The molecular weight excluding hydrogens is 612 g/mol. The van der Waals surface area contributed by atoms with Gasteiger partial charge in [-0.05, 0) is 86.7 Å². The number of ketones is 3. The van der Waals surface area contributed by atoms with E-state index in [0.717, 1.165) is 36.8 Å². The fraction of sp³-hybridized carbons (Fsp3) is 0.595. The zero-order valence-corrected chi connectivity index (χ0v) is 30.3. The molecular formula is C42H58N2O5. The van der Waals surface area contributed by atoms with Gasteiger partial charge in [-0.2, -0.15) is 0 Å². The molecule has 49 heavy (non-hydrogen) atoms. The van der Waals surface area contributed by atoms with E-state index >= 15 is 0 Å². The fourth-order valence-electron chi connectivity index (χ4n) is 6.73. The van der Waals surface area contributed by atoms with Gasteiger partial charge in [-0.3, -0.25) is 24.0 Å². The second kappa shape index (κ2) is 17.9. The molecule has 7 heteroatoms. The Balaban J connectivity index is 1.51. The molecule has 4 rings (SSSR count). The summed E-state index contributed by atoms with van der Waals surface area (Å²) < 4.78 is 0. The van der Waals surface area contributed by atoms with Crippen molar-refractivity contribution in [3.8, 4) is 0 Å². The lowest BCUT2D eigenvalue weighted by atomic mass is 9.87. The van der Waals surface area contributed by atoms with Gasteiger partial charge in [-0.15, -0.1) is 0 Å². The van der Waals surface area contributed by atoms with Crippen LogP contribution >= 0.6 is 0 Å². The molecule has 0 aromatic heterocycles. The van der Waals surface area contributed by atoms with Crippen LogP contribution in [-0.2, 0) is 36.8 Å². The van der Waals surface area contributed by atoms with E-state index in [1.807, 2.05) is 95.3 Å². The van der Waals surface area contributed by atoms with E-state index < -0.39 is 23.9 Å². The Morgan fingerprint density at radius 3 is 1.80 bits per heavy atom. The lowest BCUT2D eigenvalue weighted by Crippen LogP contribution is -2.49. The number of carbonyl (C=O) groups is 5. The molecule has 0 heterocycles. The molecule has 2 N–H and O–H groups in total. The molecule has 266 valence electrons. The Morgan fingerprint density at radius 1 is 0.714 bits per heavy atom. The quantitative estimate of drug-likeness (QED) is 0.137. The van der Waals surface area contributed by atoms with Crippen molar-refractivity contribution in [2.24, 2.45) is 35.0 Å². The van der Waals surface area contributed by atoms with Crippen LogP contribution in [-0.4, -0.2) is 41.2 Å². The van der Waals surface area contributed by atoms with Gasteiger partial charge < -0.3 is 10.6 Å². The number of rotatable bonds is 22.